The number of nitrogens with zero attached hydrogens (tertiary/aromatic N) is 1. The Hall–Kier alpha value is -2.13. The standard InChI is InChI=1S/C13H16FN3O2/c14-11-8-10(4-6-16)2-3-12(11)19-9-13(18)17-7-1-5-15/h2-3,8H,1,4,6-7,9,16H2,(H,17,18). The highest BCUT2D eigenvalue weighted by atomic mass is 19.1. The number of rotatable bonds is 7. The van der Waals surface area contributed by atoms with Crippen LogP contribution in [0.2, 0.25) is 0 Å². The van der Waals surface area contributed by atoms with Crippen LogP contribution in [0.4, 0.5) is 4.39 Å². The fraction of sp³-hybridized carbons (Fsp3) is 0.385. The molecule has 0 aliphatic rings. The third kappa shape index (κ3) is 5.36. The summed E-state index contributed by atoms with van der Waals surface area (Å²) in [6.45, 7) is 0.427. The number of hydrogen-bond donors (Lipinski definition) is 2. The topological polar surface area (TPSA) is 88.1 Å². The smallest absolute Gasteiger partial charge is 0.257 e. The van der Waals surface area contributed by atoms with Crippen molar-refractivity contribution < 1.29 is 13.9 Å². The lowest BCUT2D eigenvalue weighted by molar-refractivity contribution is -0.123. The van der Waals surface area contributed by atoms with Gasteiger partial charge in [-0.15, -0.1) is 0 Å². The predicted molar refractivity (Wildman–Crippen MR) is 67.9 cm³/mol. The number of amides is 1. The molecule has 0 saturated heterocycles. The molecule has 0 aromatic heterocycles. The predicted octanol–water partition coefficient (Wildman–Crippen LogP) is 0.736. The van der Waals surface area contributed by atoms with Crippen molar-refractivity contribution in [2.24, 2.45) is 5.73 Å². The number of halogens is 1. The van der Waals surface area contributed by atoms with E-state index in [9.17, 15) is 9.18 Å². The monoisotopic (exact) mass is 265 g/mol. The number of carbonyl (C=O) groups excluding carboxylic acids is 1. The van der Waals surface area contributed by atoms with Crippen molar-refractivity contribution in [1.82, 2.24) is 5.32 Å². The number of ether oxygens (including phenoxy) is 1. The van der Waals surface area contributed by atoms with E-state index in [1.54, 1.807) is 6.07 Å². The Kier molecular flexibility index (Phi) is 6.33. The first kappa shape index (κ1) is 14.9. The van der Waals surface area contributed by atoms with Crippen LogP contribution < -0.4 is 15.8 Å². The molecule has 6 heteroatoms. The van der Waals surface area contributed by atoms with Crippen LogP contribution in [0.25, 0.3) is 0 Å². The first-order valence-corrected chi connectivity index (χ1v) is 5.92. The molecule has 0 fully saturated rings. The zero-order chi connectivity index (χ0) is 14.1. The second-order valence-electron chi connectivity index (χ2n) is 3.85. The minimum atomic E-state index is -0.518. The summed E-state index contributed by atoms with van der Waals surface area (Å²) in [7, 11) is 0. The Morgan fingerprint density at radius 1 is 1.53 bits per heavy atom. The molecule has 1 aromatic rings. The molecule has 0 aliphatic heterocycles. The fourth-order valence-electron chi connectivity index (χ4n) is 1.44. The van der Waals surface area contributed by atoms with Crippen molar-refractivity contribution in [3.8, 4) is 11.8 Å². The van der Waals surface area contributed by atoms with Crippen molar-refractivity contribution in [1.29, 1.82) is 5.26 Å². The lowest BCUT2D eigenvalue weighted by Crippen LogP contribution is -2.29. The van der Waals surface area contributed by atoms with Crippen molar-refractivity contribution in [2.45, 2.75) is 12.8 Å². The van der Waals surface area contributed by atoms with Crippen LogP contribution >= 0.6 is 0 Å². The number of nitrogens with one attached hydrogen (secondary N) is 1. The normalized spacial score (nSPS) is 9.74. The third-order valence-corrected chi connectivity index (χ3v) is 2.35. The number of carbonyl (C=O) groups is 1. The van der Waals surface area contributed by atoms with Gasteiger partial charge in [-0.2, -0.15) is 5.26 Å². The van der Waals surface area contributed by atoms with Gasteiger partial charge < -0.3 is 15.8 Å². The molecule has 0 saturated carbocycles. The summed E-state index contributed by atoms with van der Waals surface area (Å²) in [6.07, 6.45) is 0.819. The van der Waals surface area contributed by atoms with Gasteiger partial charge in [0.05, 0.1) is 12.5 Å². The van der Waals surface area contributed by atoms with Crippen LogP contribution in [0.15, 0.2) is 18.2 Å². The second-order valence-corrected chi connectivity index (χ2v) is 3.85. The molecule has 0 aliphatic carbocycles. The second kappa shape index (κ2) is 8.06. The summed E-state index contributed by atoms with van der Waals surface area (Å²) in [6, 6.07) is 6.42. The van der Waals surface area contributed by atoms with E-state index >= 15 is 0 Å². The van der Waals surface area contributed by atoms with Crippen LogP contribution in [0.1, 0.15) is 12.0 Å². The summed E-state index contributed by atoms with van der Waals surface area (Å²) >= 11 is 0. The molecule has 19 heavy (non-hydrogen) atoms. The maximum absolute atomic E-state index is 13.6. The van der Waals surface area contributed by atoms with Gasteiger partial charge in [-0.1, -0.05) is 6.07 Å². The Balaban J connectivity index is 2.45. The molecule has 0 bridgehead atoms. The maximum atomic E-state index is 13.6. The highest BCUT2D eigenvalue weighted by molar-refractivity contribution is 5.77. The van der Waals surface area contributed by atoms with E-state index in [4.69, 9.17) is 15.7 Å². The van der Waals surface area contributed by atoms with Gasteiger partial charge in [0, 0.05) is 6.54 Å². The lowest BCUT2D eigenvalue weighted by Gasteiger charge is -2.08. The summed E-state index contributed by atoms with van der Waals surface area (Å²) in [4.78, 5) is 11.3. The molecule has 0 radical (unpaired) electrons. The van der Waals surface area contributed by atoms with E-state index in [2.05, 4.69) is 5.32 Å². The van der Waals surface area contributed by atoms with Gasteiger partial charge >= 0.3 is 0 Å². The molecule has 1 amide bonds. The van der Waals surface area contributed by atoms with Crippen molar-refractivity contribution in [2.75, 3.05) is 19.7 Å². The SMILES string of the molecule is N#CCCNC(=O)COc1ccc(CCN)cc1F. The minimum absolute atomic E-state index is 0.0243. The molecule has 5 nitrogen and oxygen atoms in total. The highest BCUT2D eigenvalue weighted by Gasteiger charge is 2.07. The fourth-order valence-corrected chi connectivity index (χ4v) is 1.44. The Labute approximate surface area is 111 Å². The molecular weight excluding hydrogens is 249 g/mol. The van der Waals surface area contributed by atoms with Crippen molar-refractivity contribution in [3.63, 3.8) is 0 Å². The highest BCUT2D eigenvalue weighted by Crippen LogP contribution is 2.18. The van der Waals surface area contributed by atoms with Crippen LogP contribution in [-0.2, 0) is 11.2 Å². The van der Waals surface area contributed by atoms with Gasteiger partial charge in [0.25, 0.3) is 5.91 Å². The zero-order valence-electron chi connectivity index (χ0n) is 10.5. The summed E-state index contributed by atoms with van der Waals surface area (Å²) in [5.74, 6) is -0.882. The number of nitrogens with two attached hydrogens (primary N) is 1. The first-order chi connectivity index (χ1) is 9.17. The van der Waals surface area contributed by atoms with Crippen LogP contribution in [-0.4, -0.2) is 25.6 Å². The molecular formula is C13H16FN3O2. The van der Waals surface area contributed by atoms with E-state index in [-0.39, 0.29) is 31.2 Å². The van der Waals surface area contributed by atoms with E-state index in [0.29, 0.717) is 13.0 Å². The molecule has 3 N–H and O–H groups in total. The van der Waals surface area contributed by atoms with E-state index in [1.165, 1.54) is 12.1 Å². The van der Waals surface area contributed by atoms with E-state index in [1.807, 2.05) is 6.07 Å². The number of hydrogen-bond acceptors (Lipinski definition) is 4. The molecule has 102 valence electrons. The summed E-state index contributed by atoms with van der Waals surface area (Å²) < 4.78 is 18.7. The van der Waals surface area contributed by atoms with E-state index in [0.717, 1.165) is 5.56 Å². The average molecular weight is 265 g/mol. The maximum Gasteiger partial charge on any atom is 0.257 e. The van der Waals surface area contributed by atoms with Crippen LogP contribution in [0, 0.1) is 17.1 Å². The number of nitriles is 1. The Morgan fingerprint density at radius 3 is 2.95 bits per heavy atom. The van der Waals surface area contributed by atoms with Gasteiger partial charge in [-0.05, 0) is 30.7 Å². The molecule has 0 spiro atoms. The van der Waals surface area contributed by atoms with Gasteiger partial charge in [0.15, 0.2) is 18.2 Å². The Morgan fingerprint density at radius 2 is 2.32 bits per heavy atom. The molecule has 0 atom stereocenters. The molecule has 1 rings (SSSR count). The van der Waals surface area contributed by atoms with Crippen LogP contribution in [0.3, 0.4) is 0 Å². The molecule has 1 aromatic carbocycles. The largest absolute Gasteiger partial charge is 0.481 e. The summed E-state index contributed by atoms with van der Waals surface area (Å²) in [5, 5.41) is 10.8. The summed E-state index contributed by atoms with van der Waals surface area (Å²) in [5.41, 5.74) is 6.16. The van der Waals surface area contributed by atoms with Crippen LogP contribution in [0.5, 0.6) is 5.75 Å². The van der Waals surface area contributed by atoms with Crippen molar-refractivity contribution in [3.05, 3.63) is 29.6 Å². The minimum Gasteiger partial charge on any atom is -0.481 e. The lowest BCUT2D eigenvalue weighted by atomic mass is 10.1. The van der Waals surface area contributed by atoms with E-state index < -0.39 is 5.82 Å². The average Bonchev–Trinajstić information content (AvgIpc) is 2.38. The molecule has 0 unspecified atom stereocenters. The zero-order valence-corrected chi connectivity index (χ0v) is 10.5. The van der Waals surface area contributed by atoms with Gasteiger partial charge in [-0.25, -0.2) is 4.39 Å². The van der Waals surface area contributed by atoms with Gasteiger partial charge in [0.2, 0.25) is 0 Å². The number of benzene rings is 1. The quantitative estimate of drug-likeness (QED) is 0.711. The van der Waals surface area contributed by atoms with Gasteiger partial charge in [-0.3, -0.25) is 4.79 Å². The molecule has 0 heterocycles. The first-order valence-electron chi connectivity index (χ1n) is 5.92. The third-order valence-electron chi connectivity index (χ3n) is 2.35. The van der Waals surface area contributed by atoms with Crippen molar-refractivity contribution >= 4 is 5.91 Å². The Bertz CT molecular complexity index is 471. The van der Waals surface area contributed by atoms with Gasteiger partial charge in [0.1, 0.15) is 0 Å².